The molecule has 0 amide bonds. The number of anilines is 1. The number of nitrogens with zero attached hydrogens (tertiary/aromatic N) is 10. The summed E-state index contributed by atoms with van der Waals surface area (Å²) >= 11 is 0. The summed E-state index contributed by atoms with van der Waals surface area (Å²) in [4.78, 5) is 38.1. The number of rotatable bonds is 7. The number of esters is 2. The number of nitrogens with one attached hydrogen (secondary N) is 1. The lowest BCUT2D eigenvalue weighted by Crippen LogP contribution is -2.46. The second-order valence-electron chi connectivity index (χ2n) is 12.0. The zero-order valence-corrected chi connectivity index (χ0v) is 28.2. The molecule has 2 fully saturated rings. The molecular formula is C33H29F6N11O4. The fourth-order valence-corrected chi connectivity index (χ4v) is 5.50. The second-order valence-corrected chi connectivity index (χ2v) is 12.0. The molecule has 0 radical (unpaired) electrons. The van der Waals surface area contributed by atoms with Crippen LogP contribution >= 0.6 is 0 Å². The van der Waals surface area contributed by atoms with E-state index in [1.54, 1.807) is 17.8 Å². The monoisotopic (exact) mass is 757 g/mol. The van der Waals surface area contributed by atoms with Gasteiger partial charge in [0.2, 0.25) is 5.88 Å². The van der Waals surface area contributed by atoms with E-state index in [1.807, 2.05) is 53.9 Å². The molecule has 0 bridgehead atoms. The highest BCUT2D eigenvalue weighted by Crippen LogP contribution is 2.30. The molecular weight excluding hydrogens is 728 g/mol. The van der Waals surface area contributed by atoms with Crippen LogP contribution in [0, 0.1) is 11.3 Å². The zero-order valence-electron chi connectivity index (χ0n) is 28.2. The number of aromatic nitrogens is 7. The average Bonchev–Trinajstić information content (AvgIpc) is 3.78. The van der Waals surface area contributed by atoms with E-state index >= 15 is 0 Å². The van der Waals surface area contributed by atoms with Crippen molar-refractivity contribution in [2.45, 2.75) is 24.9 Å². The molecule has 21 heteroatoms. The van der Waals surface area contributed by atoms with Crippen molar-refractivity contribution in [3.05, 3.63) is 72.6 Å². The number of hydrogen-bond acceptors (Lipinski definition) is 13. The van der Waals surface area contributed by atoms with E-state index in [1.165, 1.54) is 5.56 Å². The van der Waals surface area contributed by atoms with Gasteiger partial charge >= 0.3 is 24.3 Å². The number of alkyl halides is 6. The molecule has 7 heterocycles. The number of fused-ring (bicyclic) bond motifs is 1. The van der Waals surface area contributed by atoms with Crippen molar-refractivity contribution in [3.8, 4) is 34.5 Å². The largest absolute Gasteiger partial charge is 0.491 e. The number of hydrogen-bond donors (Lipinski definition) is 1. The Balaban J connectivity index is 0.000000329. The van der Waals surface area contributed by atoms with Crippen LogP contribution in [0.3, 0.4) is 0 Å². The summed E-state index contributed by atoms with van der Waals surface area (Å²) in [5.74, 6) is -4.84. The minimum absolute atomic E-state index is 0.361. The van der Waals surface area contributed by atoms with Gasteiger partial charge < -0.3 is 19.7 Å². The molecule has 282 valence electrons. The minimum atomic E-state index is -5.62. The molecule has 7 rings (SSSR count). The summed E-state index contributed by atoms with van der Waals surface area (Å²) in [7, 11) is 1.63. The highest BCUT2D eigenvalue weighted by Gasteiger charge is 2.49. The van der Waals surface area contributed by atoms with Gasteiger partial charge in [0.25, 0.3) is 0 Å². The Labute approximate surface area is 301 Å². The van der Waals surface area contributed by atoms with Gasteiger partial charge in [-0.3, -0.25) is 9.58 Å². The van der Waals surface area contributed by atoms with Gasteiger partial charge in [-0.05, 0) is 17.7 Å². The molecule has 2 saturated heterocycles. The maximum atomic E-state index is 11.2. The third-order valence-corrected chi connectivity index (χ3v) is 8.43. The Morgan fingerprint density at radius 2 is 1.61 bits per heavy atom. The molecule has 5 aromatic heterocycles. The van der Waals surface area contributed by atoms with Crippen LogP contribution in [0.15, 0.2) is 61.4 Å². The van der Waals surface area contributed by atoms with Crippen LogP contribution in [0.1, 0.15) is 17.2 Å². The van der Waals surface area contributed by atoms with Gasteiger partial charge in [-0.15, -0.1) is 0 Å². The Morgan fingerprint density at radius 1 is 0.889 bits per heavy atom. The number of halogens is 6. The lowest BCUT2D eigenvalue weighted by molar-refractivity contribution is -0.221. The van der Waals surface area contributed by atoms with Crippen molar-refractivity contribution in [1.82, 2.24) is 44.6 Å². The molecule has 54 heavy (non-hydrogen) atoms. The number of carbonyl (C=O) groups excluding carboxylic acids is 2. The average molecular weight is 758 g/mol. The lowest BCUT2D eigenvalue weighted by Gasteiger charge is -2.35. The number of piperazine rings is 1. The molecule has 0 aliphatic carbocycles. The van der Waals surface area contributed by atoms with Crippen molar-refractivity contribution in [2.75, 3.05) is 51.3 Å². The van der Waals surface area contributed by atoms with Gasteiger partial charge in [-0.25, -0.2) is 29.1 Å². The van der Waals surface area contributed by atoms with Crippen molar-refractivity contribution < 1.29 is 45.4 Å². The van der Waals surface area contributed by atoms with Gasteiger partial charge in [0.15, 0.2) is 0 Å². The van der Waals surface area contributed by atoms with Gasteiger partial charge in [0.05, 0.1) is 43.1 Å². The second kappa shape index (κ2) is 15.5. The van der Waals surface area contributed by atoms with Crippen molar-refractivity contribution in [2.24, 2.45) is 0 Å². The Kier molecular flexibility index (Phi) is 10.8. The number of pyridine rings is 2. The molecule has 0 unspecified atom stereocenters. The Bertz CT molecular complexity index is 2130. The van der Waals surface area contributed by atoms with Gasteiger partial charge in [0.1, 0.15) is 23.0 Å². The van der Waals surface area contributed by atoms with Crippen molar-refractivity contribution >= 4 is 23.3 Å². The first-order valence-corrected chi connectivity index (χ1v) is 16.1. The Morgan fingerprint density at radius 3 is 2.17 bits per heavy atom. The molecule has 0 spiro atoms. The summed E-state index contributed by atoms with van der Waals surface area (Å²) in [5.41, 5.74) is 5.47. The maximum Gasteiger partial charge on any atom is 0.491 e. The van der Waals surface area contributed by atoms with Crippen LogP contribution in [-0.4, -0.2) is 110 Å². The first-order valence-electron chi connectivity index (χ1n) is 16.1. The summed E-state index contributed by atoms with van der Waals surface area (Å²) in [6, 6.07) is 10.6. The SMILES string of the molecule is COc1ccc(CN2CCN(c3ccc(-c4nc(-c5cnn(C6CNC6)c5)cn5ncc(C#N)c45)cn3)CC2)cn1.O=C(OC(=O)C(F)(F)F)C(F)(F)F. The summed E-state index contributed by atoms with van der Waals surface area (Å²) in [5, 5.41) is 22.0. The third-order valence-electron chi connectivity index (χ3n) is 8.43. The molecule has 2 aliphatic heterocycles. The Hall–Kier alpha value is -6.14. The quantitative estimate of drug-likeness (QED) is 0.146. The number of carbonyl (C=O) groups is 2. The van der Waals surface area contributed by atoms with Crippen molar-refractivity contribution in [3.63, 3.8) is 0 Å². The smallest absolute Gasteiger partial charge is 0.481 e. The normalized spacial score (nSPS) is 15.2. The predicted octanol–water partition coefficient (Wildman–Crippen LogP) is 3.58. The first-order chi connectivity index (χ1) is 25.7. The third kappa shape index (κ3) is 8.56. The van der Waals surface area contributed by atoms with Crippen LogP contribution in [0.4, 0.5) is 32.2 Å². The van der Waals surface area contributed by atoms with Crippen LogP contribution in [0.2, 0.25) is 0 Å². The van der Waals surface area contributed by atoms with Gasteiger partial charge in [0, 0.05) is 81.6 Å². The fraction of sp³-hybridized carbons (Fsp3) is 0.333. The highest BCUT2D eigenvalue weighted by atomic mass is 19.4. The van der Waals surface area contributed by atoms with E-state index in [0.29, 0.717) is 28.7 Å². The number of nitriles is 1. The fourth-order valence-electron chi connectivity index (χ4n) is 5.50. The van der Waals surface area contributed by atoms with Gasteiger partial charge in [-0.2, -0.15) is 41.8 Å². The lowest BCUT2D eigenvalue weighted by atomic mass is 10.1. The van der Waals surface area contributed by atoms with Crippen LogP contribution in [0.25, 0.3) is 28.0 Å². The molecule has 0 saturated carbocycles. The predicted molar refractivity (Wildman–Crippen MR) is 176 cm³/mol. The zero-order chi connectivity index (χ0) is 38.6. The summed E-state index contributed by atoms with van der Waals surface area (Å²) in [6.07, 6.45) is -0.250. The van der Waals surface area contributed by atoms with E-state index in [0.717, 1.165) is 68.5 Å². The van der Waals surface area contributed by atoms with E-state index < -0.39 is 24.3 Å². The van der Waals surface area contributed by atoms with E-state index in [2.05, 4.69) is 47.2 Å². The summed E-state index contributed by atoms with van der Waals surface area (Å²) < 4.78 is 78.5. The molecule has 5 aromatic rings. The molecule has 15 nitrogen and oxygen atoms in total. The van der Waals surface area contributed by atoms with Crippen LogP contribution in [0.5, 0.6) is 5.88 Å². The topological polar surface area (TPSA) is 169 Å². The van der Waals surface area contributed by atoms with Crippen LogP contribution < -0.4 is 15.0 Å². The first kappa shape index (κ1) is 37.6. The van der Waals surface area contributed by atoms with Crippen molar-refractivity contribution in [1.29, 1.82) is 5.26 Å². The van der Waals surface area contributed by atoms with E-state index in [4.69, 9.17) is 14.7 Å². The standard InChI is InChI=1S/C29H29N11O.C4F6O3/c1-41-27-5-2-20(11-33-27)17-37-6-8-38(9-7-37)26-4-3-21(12-32-26)28-29-22(10-30)13-35-40(29)19-25(36-28)23-14-34-39(18-23)24-15-31-16-24;5-3(6,7)1(11)13-2(12)4(8,9)10/h2-5,11-14,18-19,24,31H,6-9,15-17H2,1H3;. The highest BCUT2D eigenvalue weighted by molar-refractivity contribution is 5.91. The number of methoxy groups -OCH3 is 1. The molecule has 0 atom stereocenters. The minimum Gasteiger partial charge on any atom is -0.481 e. The number of ether oxygens (including phenoxy) is 2. The molecule has 1 N–H and O–H groups in total. The summed E-state index contributed by atoms with van der Waals surface area (Å²) in [6.45, 7) is 6.33. The van der Waals surface area contributed by atoms with E-state index in [-0.39, 0.29) is 0 Å². The van der Waals surface area contributed by atoms with Gasteiger partial charge in [-0.1, -0.05) is 6.07 Å². The van der Waals surface area contributed by atoms with E-state index in [9.17, 15) is 41.2 Å². The van der Waals surface area contributed by atoms with Crippen LogP contribution in [-0.2, 0) is 20.9 Å². The maximum absolute atomic E-state index is 11.2. The molecule has 0 aromatic carbocycles. The molecule has 2 aliphatic rings.